The van der Waals surface area contributed by atoms with Crippen LogP contribution in [0.2, 0.25) is 10.0 Å². The van der Waals surface area contributed by atoms with Crippen LogP contribution in [0.5, 0.6) is 11.6 Å². The van der Waals surface area contributed by atoms with Crippen LogP contribution < -0.4 is 24.8 Å². The quantitative estimate of drug-likeness (QED) is 0.190. The fourth-order valence-electron chi connectivity index (χ4n) is 5.88. The minimum atomic E-state index is -1.25. The van der Waals surface area contributed by atoms with Crippen molar-refractivity contribution in [1.29, 1.82) is 0 Å². The maximum absolute atomic E-state index is 14.5. The molecule has 252 valence electrons. The van der Waals surface area contributed by atoms with E-state index in [4.69, 9.17) is 37.8 Å². The number of fused-ring (bicyclic) bond motifs is 1. The van der Waals surface area contributed by atoms with Crippen molar-refractivity contribution in [3.05, 3.63) is 115 Å². The Morgan fingerprint density at radius 3 is 2.31 bits per heavy atom. The van der Waals surface area contributed by atoms with E-state index < -0.39 is 23.6 Å². The van der Waals surface area contributed by atoms with Crippen molar-refractivity contribution in [2.45, 2.75) is 32.4 Å². The smallest absolute Gasteiger partial charge is 0.413 e. The summed E-state index contributed by atoms with van der Waals surface area (Å²) in [6.45, 7) is 4.09. The number of benzene rings is 2. The van der Waals surface area contributed by atoms with Gasteiger partial charge >= 0.3 is 6.09 Å². The first kappa shape index (κ1) is 33.5. The van der Waals surface area contributed by atoms with Crippen LogP contribution in [-0.2, 0) is 6.54 Å². The number of carbonyl (C=O) groups is 2. The molecule has 1 atom stereocenters. The number of amides is 2. The number of nitrogens with zero attached hydrogens (tertiary/aromatic N) is 7. The van der Waals surface area contributed by atoms with Gasteiger partial charge < -0.3 is 19.1 Å². The predicted molar refractivity (Wildman–Crippen MR) is 184 cm³/mol. The molecule has 0 fully saturated rings. The number of hydrogen-bond donors (Lipinski definition) is 1. The second-order valence-electron chi connectivity index (χ2n) is 11.6. The molecule has 13 nitrogen and oxygen atoms in total. The molecule has 1 unspecified atom stereocenters. The third-order valence-corrected chi connectivity index (χ3v) is 8.64. The van der Waals surface area contributed by atoms with E-state index in [1.165, 1.54) is 46.8 Å². The van der Waals surface area contributed by atoms with Crippen molar-refractivity contribution < 1.29 is 24.2 Å². The number of carbonyl (C=O) groups excluding carboxylic acids is 1. The van der Waals surface area contributed by atoms with Gasteiger partial charge in [-0.2, -0.15) is 10.1 Å². The molecule has 2 aromatic carbocycles. The maximum Gasteiger partial charge on any atom is 0.413 e. The Bertz CT molecular complexity index is 2130. The van der Waals surface area contributed by atoms with E-state index in [2.05, 4.69) is 9.97 Å². The molecule has 0 spiro atoms. The molecule has 0 saturated heterocycles. The number of halogens is 2. The third kappa shape index (κ3) is 6.07. The van der Waals surface area contributed by atoms with Crippen molar-refractivity contribution in [3.63, 3.8) is 0 Å². The zero-order chi connectivity index (χ0) is 35.1. The molecule has 0 aliphatic carbocycles. The van der Waals surface area contributed by atoms with E-state index in [-0.39, 0.29) is 40.7 Å². The Morgan fingerprint density at radius 1 is 1.00 bits per heavy atom. The number of rotatable bonds is 9. The summed E-state index contributed by atoms with van der Waals surface area (Å²) in [6, 6.07) is 15.0. The average Bonchev–Trinajstić information content (AvgIpc) is 3.61. The number of carboxylic acid groups (broad SMARTS) is 1. The SMILES string of the molecule is COc1ccc(Cn2cc(Cl)cc(N3C(=O)c4nn(-c5cnc(N(C)C(=O)O)nc5OC)c(C(C)C)c4C3c3ccc(Cl)cc3)c2=O)cc1. The van der Waals surface area contributed by atoms with Crippen molar-refractivity contribution in [2.24, 2.45) is 0 Å². The summed E-state index contributed by atoms with van der Waals surface area (Å²) >= 11 is 12.9. The lowest BCUT2D eigenvalue weighted by Gasteiger charge is -2.28. The summed E-state index contributed by atoms with van der Waals surface area (Å²) in [5.74, 6) is -0.111. The Morgan fingerprint density at radius 2 is 1.69 bits per heavy atom. The molecule has 15 heteroatoms. The van der Waals surface area contributed by atoms with Crippen LogP contribution in [0, 0.1) is 0 Å². The number of hydrogen-bond acceptors (Lipinski definition) is 8. The number of ether oxygens (including phenoxy) is 2. The highest BCUT2D eigenvalue weighted by Crippen LogP contribution is 2.45. The van der Waals surface area contributed by atoms with Gasteiger partial charge in [0, 0.05) is 23.8 Å². The summed E-state index contributed by atoms with van der Waals surface area (Å²) in [7, 11) is 4.28. The van der Waals surface area contributed by atoms with Crippen LogP contribution in [0.25, 0.3) is 5.69 Å². The van der Waals surface area contributed by atoms with E-state index in [1.807, 2.05) is 26.0 Å². The van der Waals surface area contributed by atoms with Crippen LogP contribution >= 0.6 is 23.2 Å². The Hall–Kier alpha value is -5.40. The minimum absolute atomic E-state index is 0.0461. The van der Waals surface area contributed by atoms with Crippen LogP contribution in [0.1, 0.15) is 58.7 Å². The zero-order valence-corrected chi connectivity index (χ0v) is 28.6. The van der Waals surface area contributed by atoms with Crippen molar-refractivity contribution in [2.75, 3.05) is 31.1 Å². The van der Waals surface area contributed by atoms with Crippen LogP contribution in [0.4, 0.5) is 16.4 Å². The van der Waals surface area contributed by atoms with Gasteiger partial charge in [-0.15, -0.1) is 0 Å². The minimum Gasteiger partial charge on any atom is -0.497 e. The molecular formula is C34H31Cl2N7O6. The molecule has 4 heterocycles. The van der Waals surface area contributed by atoms with Crippen molar-refractivity contribution in [1.82, 2.24) is 24.3 Å². The molecule has 1 aliphatic heterocycles. The molecule has 0 radical (unpaired) electrons. The largest absolute Gasteiger partial charge is 0.497 e. The third-order valence-electron chi connectivity index (χ3n) is 8.18. The van der Waals surface area contributed by atoms with Crippen molar-refractivity contribution >= 4 is 46.8 Å². The topological polar surface area (TPSA) is 145 Å². The van der Waals surface area contributed by atoms with Crippen molar-refractivity contribution in [3.8, 4) is 17.3 Å². The van der Waals surface area contributed by atoms with Crippen LogP contribution in [0.3, 0.4) is 0 Å². The summed E-state index contributed by atoms with van der Waals surface area (Å²) in [5.41, 5.74) is 2.76. The number of anilines is 2. The summed E-state index contributed by atoms with van der Waals surface area (Å²) in [6.07, 6.45) is 1.67. The van der Waals surface area contributed by atoms with Gasteiger partial charge in [0.2, 0.25) is 11.8 Å². The normalized spacial score (nSPS) is 13.9. The van der Waals surface area contributed by atoms with Gasteiger partial charge in [-0.1, -0.05) is 61.3 Å². The summed E-state index contributed by atoms with van der Waals surface area (Å²) in [5, 5.41) is 15.0. The molecule has 49 heavy (non-hydrogen) atoms. The first-order chi connectivity index (χ1) is 23.4. The second-order valence-corrected chi connectivity index (χ2v) is 12.4. The van der Waals surface area contributed by atoms with E-state index >= 15 is 0 Å². The highest BCUT2D eigenvalue weighted by atomic mass is 35.5. The molecule has 1 aliphatic rings. The van der Waals surface area contributed by atoms with E-state index in [9.17, 15) is 19.5 Å². The highest BCUT2D eigenvalue weighted by Gasteiger charge is 2.46. The molecule has 0 bridgehead atoms. The van der Waals surface area contributed by atoms with Gasteiger partial charge in [0.05, 0.1) is 43.7 Å². The first-order valence-electron chi connectivity index (χ1n) is 15.1. The molecule has 1 N–H and O–H groups in total. The highest BCUT2D eigenvalue weighted by molar-refractivity contribution is 6.31. The lowest BCUT2D eigenvalue weighted by molar-refractivity contribution is 0.0987. The number of aromatic nitrogens is 5. The van der Waals surface area contributed by atoms with E-state index in [0.717, 1.165) is 10.5 Å². The standard InChI is InChI=1S/C34H31Cl2N7O6/c1-18(2)28-26-27(39-43(28)25-15-37-33(38-30(25)49-5)40(3)34(46)47)32(45)42(29(26)20-8-10-21(35)11-9-20)24-14-22(36)17-41(31(24)44)16-19-6-12-23(48-4)13-7-19/h6-15,17-18,29H,16H2,1-5H3,(H,46,47). The van der Waals surface area contributed by atoms with Gasteiger partial charge in [-0.3, -0.25) is 14.5 Å². The van der Waals surface area contributed by atoms with Gasteiger partial charge in [-0.25, -0.2) is 19.4 Å². The molecule has 0 saturated carbocycles. The summed E-state index contributed by atoms with van der Waals surface area (Å²) in [4.78, 5) is 51.0. The van der Waals surface area contributed by atoms with Crippen LogP contribution in [-0.4, -0.2) is 62.7 Å². The fraction of sp³-hybridized carbons (Fsp3) is 0.235. The Kier molecular flexibility index (Phi) is 9.06. The predicted octanol–water partition coefficient (Wildman–Crippen LogP) is 6.18. The Balaban J connectivity index is 1.53. The molecule has 3 aromatic heterocycles. The molecule has 6 rings (SSSR count). The number of pyridine rings is 1. The number of methoxy groups -OCH3 is 2. The first-order valence-corrected chi connectivity index (χ1v) is 15.8. The van der Waals surface area contributed by atoms with E-state index in [1.54, 1.807) is 43.5 Å². The van der Waals surface area contributed by atoms with Gasteiger partial charge in [0.25, 0.3) is 11.5 Å². The average molecular weight is 705 g/mol. The van der Waals surface area contributed by atoms with Gasteiger partial charge in [0.15, 0.2) is 5.69 Å². The lowest BCUT2D eigenvalue weighted by Crippen LogP contribution is -2.36. The lowest BCUT2D eigenvalue weighted by atomic mass is 9.94. The van der Waals surface area contributed by atoms with Gasteiger partial charge in [-0.05, 0) is 47.4 Å². The molecule has 5 aromatic rings. The van der Waals surface area contributed by atoms with Crippen LogP contribution in [0.15, 0.2) is 71.8 Å². The van der Waals surface area contributed by atoms with Gasteiger partial charge in [0.1, 0.15) is 17.1 Å². The zero-order valence-electron chi connectivity index (χ0n) is 27.1. The molecular weight excluding hydrogens is 673 g/mol. The monoisotopic (exact) mass is 703 g/mol. The maximum atomic E-state index is 14.5. The summed E-state index contributed by atoms with van der Waals surface area (Å²) < 4.78 is 13.8. The van der Waals surface area contributed by atoms with E-state index in [0.29, 0.717) is 33.3 Å². The Labute approximate surface area is 290 Å². The fourth-order valence-corrected chi connectivity index (χ4v) is 6.22. The molecule has 2 amide bonds. The second kappa shape index (κ2) is 13.2.